The summed E-state index contributed by atoms with van der Waals surface area (Å²) < 4.78 is 5.66. The van der Waals surface area contributed by atoms with Crippen molar-refractivity contribution in [1.82, 2.24) is 4.98 Å². The van der Waals surface area contributed by atoms with E-state index in [-0.39, 0.29) is 5.91 Å². The maximum absolute atomic E-state index is 12.5. The fourth-order valence-corrected chi connectivity index (χ4v) is 3.92. The SMILES string of the molecule is Cc1ccc(-c2nc(NC(=O)C(C)Oc3ccc(Cl)cc3Cl)sc2C)cc1C. The number of anilines is 1. The molecule has 0 bridgehead atoms. The summed E-state index contributed by atoms with van der Waals surface area (Å²) in [6.45, 7) is 7.80. The average molecular weight is 435 g/mol. The molecule has 7 heteroatoms. The summed E-state index contributed by atoms with van der Waals surface area (Å²) in [5.41, 5.74) is 4.35. The average Bonchev–Trinajstić information content (AvgIpc) is 2.99. The molecule has 3 aromatic rings. The molecule has 0 saturated carbocycles. The molecule has 1 heterocycles. The second-order valence-electron chi connectivity index (χ2n) is 6.55. The second kappa shape index (κ2) is 8.52. The largest absolute Gasteiger partial charge is 0.479 e. The van der Waals surface area contributed by atoms with Crippen LogP contribution >= 0.6 is 34.5 Å². The van der Waals surface area contributed by atoms with Crippen LogP contribution in [0, 0.1) is 20.8 Å². The molecule has 146 valence electrons. The predicted molar refractivity (Wildman–Crippen MR) is 117 cm³/mol. The number of hydrogen-bond acceptors (Lipinski definition) is 4. The van der Waals surface area contributed by atoms with Crippen LogP contribution < -0.4 is 10.1 Å². The van der Waals surface area contributed by atoms with E-state index in [0.717, 1.165) is 16.1 Å². The Morgan fingerprint density at radius 2 is 1.86 bits per heavy atom. The highest BCUT2D eigenvalue weighted by Crippen LogP contribution is 2.32. The molecule has 0 saturated heterocycles. The number of carbonyl (C=O) groups is 1. The first kappa shape index (κ1) is 20.6. The lowest BCUT2D eigenvalue weighted by Crippen LogP contribution is -2.30. The van der Waals surface area contributed by atoms with E-state index in [2.05, 4.69) is 36.3 Å². The number of thiazole rings is 1. The number of carbonyl (C=O) groups excluding carboxylic acids is 1. The zero-order valence-electron chi connectivity index (χ0n) is 16.0. The number of nitrogens with one attached hydrogen (secondary N) is 1. The van der Waals surface area contributed by atoms with Crippen molar-refractivity contribution in [2.75, 3.05) is 5.32 Å². The number of aryl methyl sites for hydroxylation is 3. The lowest BCUT2D eigenvalue weighted by atomic mass is 10.0. The quantitative estimate of drug-likeness (QED) is 0.501. The van der Waals surface area contributed by atoms with Crippen LogP contribution in [0.15, 0.2) is 36.4 Å². The Hall–Kier alpha value is -2.08. The van der Waals surface area contributed by atoms with Crippen LogP contribution in [0.4, 0.5) is 5.13 Å². The Bertz CT molecular complexity index is 1030. The fourth-order valence-electron chi connectivity index (χ4n) is 2.63. The van der Waals surface area contributed by atoms with Gasteiger partial charge in [0.2, 0.25) is 0 Å². The van der Waals surface area contributed by atoms with Crippen LogP contribution in [0.25, 0.3) is 11.3 Å². The molecule has 0 aliphatic heterocycles. The fraction of sp³-hybridized carbons (Fsp3) is 0.238. The third kappa shape index (κ3) is 4.66. The summed E-state index contributed by atoms with van der Waals surface area (Å²) >= 11 is 13.4. The number of halogens is 2. The Morgan fingerprint density at radius 3 is 2.54 bits per heavy atom. The molecule has 1 N–H and O–H groups in total. The van der Waals surface area contributed by atoms with Gasteiger partial charge < -0.3 is 4.74 Å². The minimum Gasteiger partial charge on any atom is -0.479 e. The van der Waals surface area contributed by atoms with Gasteiger partial charge in [-0.15, -0.1) is 11.3 Å². The Morgan fingerprint density at radius 1 is 1.11 bits per heavy atom. The van der Waals surface area contributed by atoms with Gasteiger partial charge in [-0.2, -0.15) is 0 Å². The first-order chi connectivity index (χ1) is 13.2. The number of aromatic nitrogens is 1. The summed E-state index contributed by atoms with van der Waals surface area (Å²) in [6.07, 6.45) is -0.743. The molecule has 2 aromatic carbocycles. The summed E-state index contributed by atoms with van der Waals surface area (Å²) in [5, 5.41) is 4.22. The maximum Gasteiger partial charge on any atom is 0.266 e. The maximum atomic E-state index is 12.5. The third-order valence-corrected chi connectivity index (χ3v) is 5.79. The van der Waals surface area contributed by atoms with Crippen molar-refractivity contribution in [2.45, 2.75) is 33.8 Å². The lowest BCUT2D eigenvalue weighted by Gasteiger charge is -2.14. The van der Waals surface area contributed by atoms with Gasteiger partial charge in [-0.25, -0.2) is 4.98 Å². The van der Waals surface area contributed by atoms with E-state index in [9.17, 15) is 4.79 Å². The predicted octanol–water partition coefficient (Wildman–Crippen LogP) is 6.45. The normalized spacial score (nSPS) is 11.9. The van der Waals surface area contributed by atoms with Crippen LogP contribution in [-0.4, -0.2) is 17.0 Å². The number of benzene rings is 2. The standard InChI is InChI=1S/C21H20Cl2N2O2S/c1-11-5-6-15(9-12(11)2)19-14(4)28-21(24-19)25-20(26)13(3)27-18-8-7-16(22)10-17(18)23/h5-10,13H,1-4H3,(H,24,25,26). The Balaban J connectivity index is 1.72. The van der Waals surface area contributed by atoms with E-state index >= 15 is 0 Å². The molecule has 0 fully saturated rings. The Labute approximate surface area is 178 Å². The monoisotopic (exact) mass is 434 g/mol. The number of rotatable bonds is 5. The molecule has 4 nitrogen and oxygen atoms in total. The van der Waals surface area contributed by atoms with Crippen molar-refractivity contribution in [3.8, 4) is 17.0 Å². The van der Waals surface area contributed by atoms with Crippen molar-refractivity contribution in [1.29, 1.82) is 0 Å². The van der Waals surface area contributed by atoms with Gasteiger partial charge >= 0.3 is 0 Å². The van der Waals surface area contributed by atoms with E-state index in [1.165, 1.54) is 22.5 Å². The van der Waals surface area contributed by atoms with E-state index in [1.807, 2.05) is 13.0 Å². The molecule has 0 radical (unpaired) electrons. The van der Waals surface area contributed by atoms with Crippen molar-refractivity contribution < 1.29 is 9.53 Å². The van der Waals surface area contributed by atoms with Crippen molar-refractivity contribution >= 4 is 45.6 Å². The summed E-state index contributed by atoms with van der Waals surface area (Å²) in [5.74, 6) is 0.103. The molecular weight excluding hydrogens is 415 g/mol. The van der Waals surface area contributed by atoms with Crippen molar-refractivity contribution in [2.24, 2.45) is 0 Å². The van der Waals surface area contributed by atoms with E-state index in [4.69, 9.17) is 27.9 Å². The van der Waals surface area contributed by atoms with E-state index < -0.39 is 6.10 Å². The van der Waals surface area contributed by atoms with Gasteiger partial charge in [0.15, 0.2) is 11.2 Å². The minimum absolute atomic E-state index is 0.300. The van der Waals surface area contributed by atoms with Crippen molar-refractivity contribution in [3.05, 3.63) is 62.4 Å². The van der Waals surface area contributed by atoms with Crippen molar-refractivity contribution in [3.63, 3.8) is 0 Å². The van der Waals surface area contributed by atoms with Gasteiger partial charge in [0.1, 0.15) is 5.75 Å². The van der Waals surface area contributed by atoms with Crippen LogP contribution in [0.3, 0.4) is 0 Å². The lowest BCUT2D eigenvalue weighted by molar-refractivity contribution is -0.122. The Kier molecular flexibility index (Phi) is 6.28. The summed E-state index contributed by atoms with van der Waals surface area (Å²) in [4.78, 5) is 18.1. The topological polar surface area (TPSA) is 51.2 Å². The molecule has 0 aliphatic carbocycles. The van der Waals surface area contributed by atoms with Gasteiger partial charge in [0, 0.05) is 15.5 Å². The molecule has 1 unspecified atom stereocenters. The number of hydrogen-bond donors (Lipinski definition) is 1. The molecule has 3 rings (SSSR count). The van der Waals surface area contributed by atoms with Gasteiger partial charge in [0.05, 0.1) is 10.7 Å². The van der Waals surface area contributed by atoms with Gasteiger partial charge in [-0.05, 0) is 63.1 Å². The molecule has 28 heavy (non-hydrogen) atoms. The highest BCUT2D eigenvalue weighted by molar-refractivity contribution is 7.16. The molecule has 1 aromatic heterocycles. The number of ether oxygens (including phenoxy) is 1. The molecule has 0 aliphatic rings. The first-order valence-corrected chi connectivity index (χ1v) is 10.3. The highest BCUT2D eigenvalue weighted by atomic mass is 35.5. The van der Waals surface area contributed by atoms with Gasteiger partial charge in [-0.1, -0.05) is 35.3 Å². The molecule has 1 amide bonds. The van der Waals surface area contributed by atoms with Gasteiger partial charge in [0.25, 0.3) is 5.91 Å². The minimum atomic E-state index is -0.743. The third-order valence-electron chi connectivity index (χ3n) is 4.37. The second-order valence-corrected chi connectivity index (χ2v) is 8.59. The summed E-state index contributed by atoms with van der Waals surface area (Å²) in [6, 6.07) is 11.1. The number of nitrogens with zero attached hydrogens (tertiary/aromatic N) is 1. The zero-order valence-corrected chi connectivity index (χ0v) is 18.3. The first-order valence-electron chi connectivity index (χ1n) is 8.72. The van der Waals surface area contributed by atoms with E-state index in [0.29, 0.717) is 20.9 Å². The summed E-state index contributed by atoms with van der Waals surface area (Å²) in [7, 11) is 0. The smallest absolute Gasteiger partial charge is 0.266 e. The highest BCUT2D eigenvalue weighted by Gasteiger charge is 2.19. The number of amides is 1. The molecular formula is C21H20Cl2N2O2S. The van der Waals surface area contributed by atoms with Gasteiger partial charge in [-0.3, -0.25) is 10.1 Å². The van der Waals surface area contributed by atoms with Crippen LogP contribution in [-0.2, 0) is 4.79 Å². The van der Waals surface area contributed by atoms with Crippen LogP contribution in [0.2, 0.25) is 10.0 Å². The molecule has 0 spiro atoms. The molecule has 1 atom stereocenters. The van der Waals surface area contributed by atoms with E-state index in [1.54, 1.807) is 25.1 Å². The van der Waals surface area contributed by atoms with Crippen LogP contribution in [0.5, 0.6) is 5.75 Å². The zero-order chi connectivity index (χ0) is 20.4. The van der Waals surface area contributed by atoms with Crippen LogP contribution in [0.1, 0.15) is 22.9 Å².